The summed E-state index contributed by atoms with van der Waals surface area (Å²) < 4.78 is 6.89. The summed E-state index contributed by atoms with van der Waals surface area (Å²) in [6.45, 7) is 5.81. The summed E-state index contributed by atoms with van der Waals surface area (Å²) >= 11 is 0. The van der Waals surface area contributed by atoms with Crippen LogP contribution in [0.1, 0.15) is 31.5 Å². The summed E-state index contributed by atoms with van der Waals surface area (Å²) in [5, 5.41) is 25.7. The van der Waals surface area contributed by atoms with Crippen LogP contribution in [-0.4, -0.2) is 61.9 Å². The number of carbonyl (C=O) groups excluding carboxylic acids is 1. The fraction of sp³-hybridized carbons (Fsp3) is 0.346. The molecule has 4 aromatic rings. The number of hydrogen-bond donors (Lipinski definition) is 2. The number of piperidine rings is 1. The van der Waals surface area contributed by atoms with Crippen LogP contribution in [0.3, 0.4) is 0 Å². The second-order valence-electron chi connectivity index (χ2n) is 9.95. The summed E-state index contributed by atoms with van der Waals surface area (Å²) in [6.07, 6.45) is 4.20. The van der Waals surface area contributed by atoms with Gasteiger partial charge in [0.15, 0.2) is 17.2 Å². The Morgan fingerprint density at radius 2 is 2.08 bits per heavy atom. The maximum absolute atomic E-state index is 11.9. The number of methoxy groups -OCH3 is 1. The molecule has 0 aromatic carbocycles. The summed E-state index contributed by atoms with van der Waals surface area (Å²) in [4.78, 5) is 22.9. The van der Waals surface area contributed by atoms with Crippen LogP contribution in [-0.2, 0) is 11.2 Å². The van der Waals surface area contributed by atoms with E-state index in [0.29, 0.717) is 35.1 Å². The highest BCUT2D eigenvalue weighted by atomic mass is 16.5. The van der Waals surface area contributed by atoms with Crippen molar-refractivity contribution >= 4 is 23.2 Å². The van der Waals surface area contributed by atoms with Crippen LogP contribution in [0.4, 0.5) is 11.6 Å². The standard InChI is InChI=1S/C26H28N10O2/c1-26(2)15-35(22-6-5-18(12-27)32-33-22)9-8-20(26)31-25-17(10-21(28)37)14-29-23-11-19(34-36(23)25)16-4-7-24(38-3)30-13-16/h4-7,11,13-14,20,31H,8-10,15H2,1-3H3,(H2,28,37)/t20-/m1/s1. The van der Waals surface area contributed by atoms with Crippen LogP contribution >= 0.6 is 0 Å². The van der Waals surface area contributed by atoms with Crippen LogP contribution in [0.25, 0.3) is 16.9 Å². The molecule has 194 valence electrons. The first-order chi connectivity index (χ1) is 18.3. The Labute approximate surface area is 219 Å². The van der Waals surface area contributed by atoms with Crippen LogP contribution in [0.5, 0.6) is 5.88 Å². The van der Waals surface area contributed by atoms with Crippen molar-refractivity contribution < 1.29 is 9.53 Å². The molecule has 5 heterocycles. The lowest BCUT2D eigenvalue weighted by molar-refractivity contribution is -0.117. The van der Waals surface area contributed by atoms with Crippen LogP contribution < -0.4 is 20.7 Å². The molecular weight excluding hydrogens is 484 g/mol. The largest absolute Gasteiger partial charge is 0.481 e. The highest BCUT2D eigenvalue weighted by molar-refractivity contribution is 5.78. The summed E-state index contributed by atoms with van der Waals surface area (Å²) in [5.74, 6) is 1.49. The number of aromatic nitrogens is 6. The van der Waals surface area contributed by atoms with Gasteiger partial charge in [0.25, 0.3) is 0 Å². The van der Waals surface area contributed by atoms with Gasteiger partial charge in [-0.2, -0.15) is 14.9 Å². The molecule has 1 fully saturated rings. The summed E-state index contributed by atoms with van der Waals surface area (Å²) in [5.41, 5.74) is 8.48. The SMILES string of the molecule is COc1ccc(-c2cc3ncc(CC(N)=O)c(N[C@@H]4CCN(c5ccc(C#N)nn5)CC4(C)C)n3n2)cn1. The third-order valence-corrected chi connectivity index (χ3v) is 6.79. The lowest BCUT2D eigenvalue weighted by atomic mass is 9.79. The number of nitriles is 1. The Balaban J connectivity index is 1.46. The quantitative estimate of drug-likeness (QED) is 0.376. The van der Waals surface area contributed by atoms with Gasteiger partial charge in [0.1, 0.15) is 11.9 Å². The van der Waals surface area contributed by atoms with Gasteiger partial charge in [-0.25, -0.2) is 9.97 Å². The minimum absolute atomic E-state index is 0.0324. The number of fused-ring (bicyclic) bond motifs is 1. The minimum atomic E-state index is -0.450. The maximum Gasteiger partial charge on any atom is 0.222 e. The normalized spacial score (nSPS) is 16.7. The Morgan fingerprint density at radius 1 is 1.24 bits per heavy atom. The van der Waals surface area contributed by atoms with Crippen molar-refractivity contribution in [1.29, 1.82) is 5.26 Å². The number of nitrogens with zero attached hydrogens (tertiary/aromatic N) is 8. The van der Waals surface area contributed by atoms with Gasteiger partial charge in [-0.15, -0.1) is 10.2 Å². The lowest BCUT2D eigenvalue weighted by Crippen LogP contribution is -2.52. The first-order valence-electron chi connectivity index (χ1n) is 12.2. The van der Waals surface area contributed by atoms with Crippen LogP contribution in [0.2, 0.25) is 0 Å². The number of nitrogens with two attached hydrogens (primary N) is 1. The molecule has 38 heavy (non-hydrogen) atoms. The Kier molecular flexibility index (Phi) is 6.50. The molecule has 0 aliphatic carbocycles. The molecule has 1 saturated heterocycles. The average molecular weight is 513 g/mol. The van der Waals surface area contributed by atoms with Crippen molar-refractivity contribution in [3.05, 3.63) is 54.0 Å². The number of primary amides is 1. The van der Waals surface area contributed by atoms with Crippen molar-refractivity contribution in [3.8, 4) is 23.2 Å². The minimum Gasteiger partial charge on any atom is -0.481 e. The third kappa shape index (κ3) is 4.90. The van der Waals surface area contributed by atoms with E-state index < -0.39 is 5.91 Å². The van der Waals surface area contributed by atoms with Crippen LogP contribution in [0.15, 0.2) is 42.7 Å². The van der Waals surface area contributed by atoms with Gasteiger partial charge in [0.05, 0.1) is 19.2 Å². The zero-order valence-corrected chi connectivity index (χ0v) is 21.4. The first-order valence-corrected chi connectivity index (χ1v) is 12.2. The highest BCUT2D eigenvalue weighted by Gasteiger charge is 2.37. The van der Waals surface area contributed by atoms with Crippen molar-refractivity contribution in [3.63, 3.8) is 0 Å². The fourth-order valence-corrected chi connectivity index (χ4v) is 4.77. The van der Waals surface area contributed by atoms with E-state index in [-0.39, 0.29) is 23.6 Å². The Morgan fingerprint density at radius 3 is 2.71 bits per heavy atom. The predicted molar refractivity (Wildman–Crippen MR) is 140 cm³/mol. The highest BCUT2D eigenvalue weighted by Crippen LogP contribution is 2.34. The van der Waals surface area contributed by atoms with Gasteiger partial charge in [0, 0.05) is 60.2 Å². The van der Waals surface area contributed by atoms with Gasteiger partial charge < -0.3 is 20.7 Å². The van der Waals surface area contributed by atoms with E-state index in [4.69, 9.17) is 20.8 Å². The van der Waals surface area contributed by atoms with E-state index >= 15 is 0 Å². The molecule has 1 aliphatic heterocycles. The molecule has 3 N–H and O–H groups in total. The molecule has 12 heteroatoms. The second-order valence-corrected chi connectivity index (χ2v) is 9.95. The maximum atomic E-state index is 11.9. The smallest absolute Gasteiger partial charge is 0.222 e. The zero-order chi connectivity index (χ0) is 26.9. The van der Waals surface area contributed by atoms with E-state index in [1.54, 1.807) is 36.2 Å². The molecule has 5 rings (SSSR count). The van der Waals surface area contributed by atoms with Gasteiger partial charge >= 0.3 is 0 Å². The van der Waals surface area contributed by atoms with E-state index in [1.165, 1.54) is 0 Å². The summed E-state index contributed by atoms with van der Waals surface area (Å²) in [6, 6.07) is 11.1. The lowest BCUT2D eigenvalue weighted by Gasteiger charge is -2.45. The Bertz CT molecular complexity index is 1510. The number of anilines is 2. The van der Waals surface area contributed by atoms with Gasteiger partial charge in [-0.3, -0.25) is 4.79 Å². The molecule has 12 nitrogen and oxygen atoms in total. The second kappa shape index (κ2) is 9.93. The summed E-state index contributed by atoms with van der Waals surface area (Å²) in [7, 11) is 1.57. The van der Waals surface area contributed by atoms with Crippen molar-refractivity contribution in [1.82, 2.24) is 29.8 Å². The fourth-order valence-electron chi connectivity index (χ4n) is 4.77. The van der Waals surface area contributed by atoms with E-state index in [9.17, 15) is 4.79 Å². The number of amides is 1. The van der Waals surface area contributed by atoms with Crippen molar-refractivity contribution in [2.75, 3.05) is 30.4 Å². The number of nitrogens with one attached hydrogen (secondary N) is 1. The van der Waals surface area contributed by atoms with E-state index in [0.717, 1.165) is 24.3 Å². The van der Waals surface area contributed by atoms with Gasteiger partial charge in [-0.05, 0) is 24.6 Å². The monoisotopic (exact) mass is 512 g/mol. The predicted octanol–water partition coefficient (Wildman–Crippen LogP) is 2.21. The molecule has 0 radical (unpaired) electrons. The average Bonchev–Trinajstić information content (AvgIpc) is 3.35. The molecular formula is C26H28N10O2. The molecule has 0 saturated carbocycles. The molecule has 0 spiro atoms. The molecule has 1 amide bonds. The van der Waals surface area contributed by atoms with Gasteiger partial charge in [-0.1, -0.05) is 13.8 Å². The Hall–Kier alpha value is -4.79. The van der Waals surface area contributed by atoms with Crippen LogP contribution in [0, 0.1) is 16.7 Å². The number of carbonyl (C=O) groups is 1. The number of rotatable bonds is 7. The van der Waals surface area contributed by atoms with E-state index in [2.05, 4.69) is 44.2 Å². The molecule has 0 bridgehead atoms. The third-order valence-electron chi connectivity index (χ3n) is 6.79. The number of ether oxygens (including phenoxy) is 1. The van der Waals surface area contributed by atoms with Crippen molar-refractivity contribution in [2.45, 2.75) is 32.7 Å². The topological polar surface area (TPSA) is 160 Å². The van der Waals surface area contributed by atoms with Gasteiger partial charge in [0.2, 0.25) is 11.8 Å². The molecule has 4 aromatic heterocycles. The first kappa shape index (κ1) is 24.9. The zero-order valence-electron chi connectivity index (χ0n) is 21.4. The van der Waals surface area contributed by atoms with Crippen molar-refractivity contribution in [2.24, 2.45) is 11.1 Å². The van der Waals surface area contributed by atoms with E-state index in [1.807, 2.05) is 24.3 Å². The molecule has 0 unspecified atom stereocenters. The number of hydrogen-bond acceptors (Lipinski definition) is 10. The number of pyridine rings is 1. The molecule has 1 atom stereocenters. The molecule has 1 aliphatic rings.